The molecular formula is C13H24N2O3. The Bertz CT molecular complexity index is 305. The number of carbonyl (C=O) groups excluding carboxylic acids is 1. The second-order valence-electron chi connectivity index (χ2n) is 5.55. The van der Waals surface area contributed by atoms with Gasteiger partial charge in [0.1, 0.15) is 6.04 Å². The Morgan fingerprint density at radius 2 is 1.83 bits per heavy atom. The maximum Gasteiger partial charge on any atom is 0.326 e. The molecule has 0 saturated heterocycles. The molecular weight excluding hydrogens is 232 g/mol. The minimum absolute atomic E-state index is 0.128. The van der Waals surface area contributed by atoms with Crippen molar-refractivity contribution in [2.75, 3.05) is 0 Å². The highest BCUT2D eigenvalue weighted by molar-refractivity contribution is 5.82. The van der Waals surface area contributed by atoms with E-state index in [9.17, 15) is 9.59 Å². The van der Waals surface area contributed by atoms with Gasteiger partial charge in [0.05, 0.1) is 0 Å². The average molecular weight is 256 g/mol. The van der Waals surface area contributed by atoms with Crippen molar-refractivity contribution >= 4 is 12.0 Å². The maximum absolute atomic E-state index is 11.8. The first kappa shape index (κ1) is 14.8. The molecule has 104 valence electrons. The van der Waals surface area contributed by atoms with E-state index in [0.29, 0.717) is 5.92 Å². The molecule has 18 heavy (non-hydrogen) atoms. The van der Waals surface area contributed by atoms with Crippen LogP contribution in [0.3, 0.4) is 0 Å². The first-order chi connectivity index (χ1) is 8.41. The summed E-state index contributed by atoms with van der Waals surface area (Å²) in [7, 11) is 0. The van der Waals surface area contributed by atoms with E-state index in [-0.39, 0.29) is 18.0 Å². The molecule has 0 spiro atoms. The van der Waals surface area contributed by atoms with Crippen LogP contribution in [0, 0.1) is 11.8 Å². The van der Waals surface area contributed by atoms with Crippen LogP contribution in [0.2, 0.25) is 0 Å². The predicted octanol–water partition coefficient (Wildman–Crippen LogP) is 1.97. The molecule has 1 rings (SSSR count). The summed E-state index contributed by atoms with van der Waals surface area (Å²) in [5.41, 5.74) is 0. The number of urea groups is 1. The largest absolute Gasteiger partial charge is 0.480 e. The highest BCUT2D eigenvalue weighted by Crippen LogP contribution is 2.23. The van der Waals surface area contributed by atoms with Crippen LogP contribution < -0.4 is 10.6 Å². The molecule has 1 aliphatic rings. The van der Waals surface area contributed by atoms with E-state index in [1.165, 1.54) is 6.42 Å². The fourth-order valence-electron chi connectivity index (χ4n) is 2.40. The summed E-state index contributed by atoms with van der Waals surface area (Å²) in [6.45, 7) is 5.69. The number of carbonyl (C=O) groups is 2. The molecule has 1 fully saturated rings. The van der Waals surface area contributed by atoms with Crippen LogP contribution in [-0.4, -0.2) is 29.2 Å². The number of hydrogen-bond acceptors (Lipinski definition) is 2. The minimum atomic E-state index is -0.989. The summed E-state index contributed by atoms with van der Waals surface area (Å²) in [5, 5.41) is 14.4. The summed E-state index contributed by atoms with van der Waals surface area (Å²) in [6.07, 6.45) is 4.44. The monoisotopic (exact) mass is 256 g/mol. The summed E-state index contributed by atoms with van der Waals surface area (Å²) < 4.78 is 0. The predicted molar refractivity (Wildman–Crippen MR) is 69.3 cm³/mol. The highest BCUT2D eigenvalue weighted by Gasteiger charge is 2.26. The first-order valence-electron chi connectivity index (χ1n) is 6.71. The van der Waals surface area contributed by atoms with Crippen molar-refractivity contribution in [2.45, 2.75) is 58.5 Å². The molecule has 3 N–H and O–H groups in total. The first-order valence-corrected chi connectivity index (χ1v) is 6.71. The van der Waals surface area contributed by atoms with Crippen LogP contribution in [0.15, 0.2) is 0 Å². The summed E-state index contributed by atoms with van der Waals surface area (Å²) in [6, 6.07) is -1.03. The molecule has 0 unspecified atom stereocenters. The second kappa shape index (κ2) is 6.61. The van der Waals surface area contributed by atoms with Crippen molar-refractivity contribution in [1.29, 1.82) is 0 Å². The summed E-state index contributed by atoms with van der Waals surface area (Å²) in [4.78, 5) is 22.8. The number of nitrogens with one attached hydrogen (secondary N) is 2. The number of aliphatic carboxylic acids is 1. The molecule has 0 bridgehead atoms. The molecule has 1 saturated carbocycles. The van der Waals surface area contributed by atoms with Crippen LogP contribution in [0.1, 0.15) is 46.5 Å². The van der Waals surface area contributed by atoms with Gasteiger partial charge in [-0.25, -0.2) is 9.59 Å². The lowest BCUT2D eigenvalue weighted by Gasteiger charge is -2.30. The Hall–Kier alpha value is -1.26. The van der Waals surface area contributed by atoms with Crippen molar-refractivity contribution in [1.82, 2.24) is 10.6 Å². The van der Waals surface area contributed by atoms with Crippen LogP contribution in [0.5, 0.6) is 0 Å². The molecule has 0 aliphatic heterocycles. The average Bonchev–Trinajstić information content (AvgIpc) is 2.28. The molecule has 5 heteroatoms. The smallest absolute Gasteiger partial charge is 0.326 e. The van der Waals surface area contributed by atoms with Gasteiger partial charge in [0, 0.05) is 6.04 Å². The van der Waals surface area contributed by atoms with Crippen LogP contribution in [0.25, 0.3) is 0 Å². The van der Waals surface area contributed by atoms with Gasteiger partial charge in [-0.1, -0.05) is 33.6 Å². The standard InChI is InChI=1S/C13H24N2O3/c1-8(2)11(12(16)17)15-13(18)14-10-7-5-4-6-9(10)3/h8-11H,4-7H2,1-3H3,(H,16,17)(H2,14,15,18)/t9-,10-,11-/m0/s1. The van der Waals surface area contributed by atoms with Gasteiger partial charge in [0.2, 0.25) is 0 Å². The second-order valence-corrected chi connectivity index (χ2v) is 5.55. The zero-order valence-corrected chi connectivity index (χ0v) is 11.4. The molecule has 0 heterocycles. The van der Waals surface area contributed by atoms with E-state index < -0.39 is 12.0 Å². The van der Waals surface area contributed by atoms with Gasteiger partial charge >= 0.3 is 12.0 Å². The normalized spacial score (nSPS) is 25.6. The number of amides is 2. The van der Waals surface area contributed by atoms with Crippen molar-refractivity contribution in [3.05, 3.63) is 0 Å². The number of carboxylic acids is 1. The molecule has 2 amide bonds. The van der Waals surface area contributed by atoms with Crippen molar-refractivity contribution in [2.24, 2.45) is 11.8 Å². The van der Waals surface area contributed by atoms with Gasteiger partial charge in [-0.05, 0) is 24.7 Å². The van der Waals surface area contributed by atoms with Crippen LogP contribution in [-0.2, 0) is 4.79 Å². The Morgan fingerprint density at radius 3 is 2.33 bits per heavy atom. The third-order valence-electron chi connectivity index (χ3n) is 3.65. The third kappa shape index (κ3) is 4.20. The zero-order valence-electron chi connectivity index (χ0n) is 11.4. The Morgan fingerprint density at radius 1 is 1.22 bits per heavy atom. The zero-order chi connectivity index (χ0) is 13.7. The lowest BCUT2D eigenvalue weighted by Crippen LogP contribution is -2.52. The number of rotatable bonds is 4. The fraction of sp³-hybridized carbons (Fsp3) is 0.846. The molecule has 0 aromatic carbocycles. The SMILES string of the molecule is CC(C)[C@H](NC(=O)N[C@H]1CCCC[C@@H]1C)C(=O)O. The highest BCUT2D eigenvalue weighted by atomic mass is 16.4. The van der Waals surface area contributed by atoms with Gasteiger partial charge in [-0.2, -0.15) is 0 Å². The lowest BCUT2D eigenvalue weighted by atomic mass is 9.86. The van der Waals surface area contributed by atoms with Gasteiger partial charge in [-0.3, -0.25) is 0 Å². The maximum atomic E-state index is 11.8. The Labute approximate surface area is 108 Å². The fourth-order valence-corrected chi connectivity index (χ4v) is 2.40. The molecule has 1 aliphatic carbocycles. The quantitative estimate of drug-likeness (QED) is 0.719. The molecule has 5 nitrogen and oxygen atoms in total. The van der Waals surface area contributed by atoms with Gasteiger partial charge in [-0.15, -0.1) is 0 Å². The van der Waals surface area contributed by atoms with Crippen molar-refractivity contribution in [3.8, 4) is 0 Å². The minimum Gasteiger partial charge on any atom is -0.480 e. The molecule has 3 atom stereocenters. The van der Waals surface area contributed by atoms with Gasteiger partial charge in [0.25, 0.3) is 0 Å². The van der Waals surface area contributed by atoms with Crippen LogP contribution >= 0.6 is 0 Å². The van der Waals surface area contributed by atoms with E-state index >= 15 is 0 Å². The van der Waals surface area contributed by atoms with Gasteiger partial charge in [0.15, 0.2) is 0 Å². The Balaban J connectivity index is 2.47. The lowest BCUT2D eigenvalue weighted by molar-refractivity contribution is -0.140. The van der Waals surface area contributed by atoms with Crippen molar-refractivity contribution < 1.29 is 14.7 Å². The summed E-state index contributed by atoms with van der Waals surface area (Å²) in [5.74, 6) is -0.652. The number of carboxylic acid groups (broad SMARTS) is 1. The topological polar surface area (TPSA) is 78.4 Å². The number of hydrogen-bond donors (Lipinski definition) is 3. The third-order valence-corrected chi connectivity index (χ3v) is 3.65. The summed E-state index contributed by atoms with van der Waals surface area (Å²) >= 11 is 0. The van der Waals surface area contributed by atoms with Gasteiger partial charge < -0.3 is 15.7 Å². The van der Waals surface area contributed by atoms with E-state index in [1.807, 2.05) is 0 Å². The van der Waals surface area contributed by atoms with E-state index in [2.05, 4.69) is 17.6 Å². The van der Waals surface area contributed by atoms with E-state index in [0.717, 1.165) is 19.3 Å². The molecule has 0 aromatic heterocycles. The van der Waals surface area contributed by atoms with Crippen LogP contribution in [0.4, 0.5) is 4.79 Å². The molecule has 0 radical (unpaired) electrons. The van der Waals surface area contributed by atoms with E-state index in [1.54, 1.807) is 13.8 Å². The molecule has 0 aromatic rings. The Kier molecular flexibility index (Phi) is 5.44. The van der Waals surface area contributed by atoms with E-state index in [4.69, 9.17) is 5.11 Å². The van der Waals surface area contributed by atoms with Crippen molar-refractivity contribution in [3.63, 3.8) is 0 Å².